The number of amides is 1. The van der Waals surface area contributed by atoms with Gasteiger partial charge < -0.3 is 5.32 Å². The third-order valence-corrected chi connectivity index (χ3v) is 6.12. The first kappa shape index (κ1) is 14.8. The van der Waals surface area contributed by atoms with E-state index >= 15 is 0 Å². The van der Waals surface area contributed by atoms with E-state index in [1.807, 2.05) is 35.7 Å². The van der Waals surface area contributed by atoms with Crippen LogP contribution in [0, 0.1) is 5.92 Å². The van der Waals surface area contributed by atoms with Gasteiger partial charge >= 0.3 is 0 Å². The fourth-order valence-corrected chi connectivity index (χ4v) is 4.80. The maximum absolute atomic E-state index is 11.8. The molecule has 1 heterocycles. The first-order chi connectivity index (χ1) is 9.15. The fourth-order valence-electron chi connectivity index (χ4n) is 1.96. The first-order valence-electron chi connectivity index (χ1n) is 6.78. The van der Waals surface area contributed by atoms with Crippen molar-refractivity contribution in [2.75, 3.05) is 16.8 Å². The lowest BCUT2D eigenvalue weighted by molar-refractivity contribution is -0.116. The predicted molar refractivity (Wildman–Crippen MR) is 86.8 cm³/mol. The zero-order valence-electron chi connectivity index (χ0n) is 11.5. The van der Waals surface area contributed by atoms with Crippen molar-refractivity contribution in [2.24, 2.45) is 5.92 Å². The molecule has 2 rings (SSSR count). The van der Waals surface area contributed by atoms with Crippen LogP contribution < -0.4 is 5.32 Å². The van der Waals surface area contributed by atoms with Gasteiger partial charge in [0, 0.05) is 23.6 Å². The number of thioether (sulfide) groups is 2. The van der Waals surface area contributed by atoms with Crippen LogP contribution in [0.4, 0.5) is 5.69 Å². The molecule has 0 radical (unpaired) electrons. The summed E-state index contributed by atoms with van der Waals surface area (Å²) < 4.78 is 0.535. The Morgan fingerprint density at radius 2 is 2.11 bits per heavy atom. The van der Waals surface area contributed by atoms with Crippen molar-refractivity contribution in [1.82, 2.24) is 0 Å². The second-order valence-electron chi connectivity index (χ2n) is 5.18. The van der Waals surface area contributed by atoms with Gasteiger partial charge in [-0.25, -0.2) is 0 Å². The summed E-state index contributed by atoms with van der Waals surface area (Å²) in [5.41, 5.74) is 2.24. The van der Waals surface area contributed by atoms with Crippen LogP contribution in [0.1, 0.15) is 36.8 Å². The van der Waals surface area contributed by atoms with Crippen molar-refractivity contribution in [2.45, 2.75) is 31.3 Å². The number of anilines is 1. The van der Waals surface area contributed by atoms with Crippen LogP contribution in [-0.2, 0) is 4.79 Å². The molecule has 104 valence electrons. The van der Waals surface area contributed by atoms with Crippen LogP contribution in [0.2, 0.25) is 0 Å². The third-order valence-electron chi connectivity index (χ3n) is 3.01. The number of rotatable bonds is 5. The van der Waals surface area contributed by atoms with Gasteiger partial charge in [-0.15, -0.1) is 23.5 Å². The second-order valence-corrected chi connectivity index (χ2v) is 7.90. The summed E-state index contributed by atoms with van der Waals surface area (Å²) in [5, 5.41) is 3.00. The molecule has 0 saturated carbocycles. The number of hydrogen-bond donors (Lipinski definition) is 1. The SMILES string of the molecule is CC(C)CCC(=O)Nc1cccc(C2SCCS2)c1. The van der Waals surface area contributed by atoms with Gasteiger partial charge in [0.1, 0.15) is 0 Å². The molecule has 1 aromatic rings. The quantitative estimate of drug-likeness (QED) is 0.864. The maximum atomic E-state index is 11.8. The van der Waals surface area contributed by atoms with E-state index in [-0.39, 0.29) is 5.91 Å². The van der Waals surface area contributed by atoms with Crippen LogP contribution in [0.25, 0.3) is 0 Å². The monoisotopic (exact) mass is 295 g/mol. The van der Waals surface area contributed by atoms with E-state index in [1.54, 1.807) is 0 Å². The van der Waals surface area contributed by atoms with Crippen molar-refractivity contribution in [3.05, 3.63) is 29.8 Å². The van der Waals surface area contributed by atoms with Crippen LogP contribution >= 0.6 is 23.5 Å². The molecule has 0 aromatic heterocycles. The molecule has 4 heteroatoms. The molecule has 0 spiro atoms. The van der Waals surface area contributed by atoms with Gasteiger partial charge in [0.05, 0.1) is 4.58 Å². The van der Waals surface area contributed by atoms with Gasteiger partial charge in [0.15, 0.2) is 0 Å². The second kappa shape index (κ2) is 7.25. The summed E-state index contributed by atoms with van der Waals surface area (Å²) in [6.45, 7) is 4.28. The molecule has 19 heavy (non-hydrogen) atoms. The highest BCUT2D eigenvalue weighted by atomic mass is 32.2. The Balaban J connectivity index is 1.93. The zero-order chi connectivity index (χ0) is 13.7. The molecule has 0 unspecified atom stereocenters. The average Bonchev–Trinajstić information content (AvgIpc) is 2.90. The summed E-state index contributed by atoms with van der Waals surface area (Å²) in [7, 11) is 0. The van der Waals surface area contributed by atoms with Gasteiger partial charge in [-0.2, -0.15) is 0 Å². The normalized spacial score (nSPS) is 15.9. The Morgan fingerprint density at radius 1 is 1.37 bits per heavy atom. The topological polar surface area (TPSA) is 29.1 Å². The molecule has 1 fully saturated rings. The van der Waals surface area contributed by atoms with E-state index in [0.717, 1.165) is 12.1 Å². The van der Waals surface area contributed by atoms with E-state index < -0.39 is 0 Å². The van der Waals surface area contributed by atoms with Crippen molar-refractivity contribution >= 4 is 35.1 Å². The summed E-state index contributed by atoms with van der Waals surface area (Å²) in [6.07, 6.45) is 1.55. The standard InChI is InChI=1S/C15H21NOS2/c1-11(2)6-7-14(17)16-13-5-3-4-12(10-13)15-18-8-9-19-15/h3-5,10-11,15H,6-9H2,1-2H3,(H,16,17). The number of carbonyl (C=O) groups is 1. The Bertz CT molecular complexity index is 428. The molecule has 1 aliphatic heterocycles. The molecule has 1 saturated heterocycles. The molecular weight excluding hydrogens is 274 g/mol. The summed E-state index contributed by atoms with van der Waals surface area (Å²) in [6, 6.07) is 8.27. The Morgan fingerprint density at radius 3 is 2.79 bits per heavy atom. The van der Waals surface area contributed by atoms with E-state index in [2.05, 4.69) is 31.3 Å². The molecule has 0 aliphatic carbocycles. The van der Waals surface area contributed by atoms with Gasteiger partial charge in [-0.3, -0.25) is 4.79 Å². The Labute approximate surface area is 124 Å². The highest BCUT2D eigenvalue weighted by molar-refractivity contribution is 8.19. The predicted octanol–water partition coefficient (Wildman–Crippen LogP) is 4.54. The van der Waals surface area contributed by atoms with Crippen molar-refractivity contribution in [1.29, 1.82) is 0 Å². The molecule has 1 aliphatic rings. The van der Waals surface area contributed by atoms with E-state index in [4.69, 9.17) is 0 Å². The fraction of sp³-hybridized carbons (Fsp3) is 0.533. The molecule has 1 N–H and O–H groups in total. The van der Waals surface area contributed by atoms with Crippen molar-refractivity contribution < 1.29 is 4.79 Å². The lowest BCUT2D eigenvalue weighted by atomic mass is 10.1. The molecule has 0 atom stereocenters. The number of nitrogens with one attached hydrogen (secondary N) is 1. The minimum Gasteiger partial charge on any atom is -0.326 e. The smallest absolute Gasteiger partial charge is 0.224 e. The molecule has 2 nitrogen and oxygen atoms in total. The lowest BCUT2D eigenvalue weighted by Gasteiger charge is -2.11. The van der Waals surface area contributed by atoms with Gasteiger partial charge in [0.25, 0.3) is 0 Å². The van der Waals surface area contributed by atoms with E-state index in [0.29, 0.717) is 16.9 Å². The van der Waals surface area contributed by atoms with Gasteiger partial charge in [-0.05, 0) is 30.0 Å². The molecule has 1 aromatic carbocycles. The third kappa shape index (κ3) is 4.77. The van der Waals surface area contributed by atoms with E-state index in [1.165, 1.54) is 17.1 Å². The minimum absolute atomic E-state index is 0.123. The van der Waals surface area contributed by atoms with Crippen LogP contribution in [0.15, 0.2) is 24.3 Å². The number of benzene rings is 1. The minimum atomic E-state index is 0.123. The number of hydrogen-bond acceptors (Lipinski definition) is 3. The van der Waals surface area contributed by atoms with Gasteiger partial charge in [-0.1, -0.05) is 26.0 Å². The summed E-state index contributed by atoms with van der Waals surface area (Å²) in [5.74, 6) is 3.14. The molecule has 0 bridgehead atoms. The van der Waals surface area contributed by atoms with Gasteiger partial charge in [0.2, 0.25) is 5.91 Å². The highest BCUT2D eigenvalue weighted by Gasteiger charge is 2.18. The Hall–Kier alpha value is -0.610. The van der Waals surface area contributed by atoms with E-state index in [9.17, 15) is 4.79 Å². The molecular formula is C15H21NOS2. The average molecular weight is 295 g/mol. The largest absolute Gasteiger partial charge is 0.326 e. The molecule has 1 amide bonds. The zero-order valence-corrected chi connectivity index (χ0v) is 13.2. The first-order valence-corrected chi connectivity index (χ1v) is 8.88. The van der Waals surface area contributed by atoms with Crippen molar-refractivity contribution in [3.8, 4) is 0 Å². The van der Waals surface area contributed by atoms with Crippen LogP contribution in [0.5, 0.6) is 0 Å². The Kier molecular flexibility index (Phi) is 5.64. The number of carbonyl (C=O) groups excluding carboxylic acids is 1. The van der Waals surface area contributed by atoms with Crippen LogP contribution in [0.3, 0.4) is 0 Å². The maximum Gasteiger partial charge on any atom is 0.224 e. The summed E-state index contributed by atoms with van der Waals surface area (Å²) in [4.78, 5) is 11.8. The lowest BCUT2D eigenvalue weighted by Crippen LogP contribution is -2.12. The van der Waals surface area contributed by atoms with Crippen molar-refractivity contribution in [3.63, 3.8) is 0 Å². The summed E-state index contributed by atoms with van der Waals surface area (Å²) >= 11 is 3.97. The van der Waals surface area contributed by atoms with Crippen LogP contribution in [-0.4, -0.2) is 17.4 Å². The highest BCUT2D eigenvalue weighted by Crippen LogP contribution is 2.45.